The highest BCUT2D eigenvalue weighted by atomic mass is 16.6. The Kier molecular flexibility index (Phi) is 3.20. The van der Waals surface area contributed by atoms with E-state index in [9.17, 15) is 9.90 Å². The Morgan fingerprint density at radius 1 is 1.30 bits per heavy atom. The first kappa shape index (κ1) is 12.7. The summed E-state index contributed by atoms with van der Waals surface area (Å²) < 4.78 is 10.2. The third kappa shape index (κ3) is 2.28. The lowest BCUT2D eigenvalue weighted by Crippen LogP contribution is -2.25. The molecule has 5 heteroatoms. The second-order valence-corrected chi connectivity index (χ2v) is 4.79. The molecule has 0 spiro atoms. The van der Waals surface area contributed by atoms with E-state index in [4.69, 9.17) is 9.47 Å². The largest absolute Gasteiger partial charge is 0.508 e. The number of phenolic OH excluding ortho intramolecular Hbond substituents is 1. The summed E-state index contributed by atoms with van der Waals surface area (Å²) in [5, 5.41) is 11.3. The van der Waals surface area contributed by atoms with Crippen LogP contribution in [0.3, 0.4) is 0 Å². The monoisotopic (exact) mass is 273 g/mol. The predicted octanol–water partition coefficient (Wildman–Crippen LogP) is 2.52. The SMILES string of the molecule is COC[C@H]1CN(c2ccc3cc(O)ccc3c2)C(=O)O1. The van der Waals surface area contributed by atoms with Gasteiger partial charge in [0.2, 0.25) is 0 Å². The molecule has 20 heavy (non-hydrogen) atoms. The third-order valence-corrected chi connectivity index (χ3v) is 3.35. The predicted molar refractivity (Wildman–Crippen MR) is 75.1 cm³/mol. The second-order valence-electron chi connectivity index (χ2n) is 4.79. The fourth-order valence-electron chi connectivity index (χ4n) is 2.39. The van der Waals surface area contributed by atoms with Gasteiger partial charge in [-0.05, 0) is 35.0 Å². The van der Waals surface area contributed by atoms with E-state index in [-0.39, 0.29) is 17.9 Å². The van der Waals surface area contributed by atoms with Crippen molar-refractivity contribution < 1.29 is 19.4 Å². The van der Waals surface area contributed by atoms with Gasteiger partial charge in [-0.25, -0.2) is 4.79 Å². The summed E-state index contributed by atoms with van der Waals surface area (Å²) in [6, 6.07) is 10.8. The number of methoxy groups -OCH3 is 1. The summed E-state index contributed by atoms with van der Waals surface area (Å²) in [6.45, 7) is 0.875. The Morgan fingerprint density at radius 3 is 2.85 bits per heavy atom. The van der Waals surface area contributed by atoms with E-state index in [1.807, 2.05) is 24.3 Å². The lowest BCUT2D eigenvalue weighted by Gasteiger charge is -2.13. The summed E-state index contributed by atoms with van der Waals surface area (Å²) >= 11 is 0. The van der Waals surface area contributed by atoms with E-state index in [2.05, 4.69) is 0 Å². The molecule has 2 aromatic rings. The van der Waals surface area contributed by atoms with E-state index in [0.29, 0.717) is 13.2 Å². The molecule has 1 aliphatic rings. The van der Waals surface area contributed by atoms with Crippen molar-refractivity contribution >= 4 is 22.6 Å². The van der Waals surface area contributed by atoms with Crippen LogP contribution < -0.4 is 4.90 Å². The molecule has 1 atom stereocenters. The zero-order valence-corrected chi connectivity index (χ0v) is 11.1. The molecule has 1 saturated heterocycles. The highest BCUT2D eigenvalue weighted by molar-refractivity contribution is 5.94. The number of carbonyl (C=O) groups is 1. The number of benzene rings is 2. The number of phenols is 1. The van der Waals surface area contributed by atoms with Crippen molar-refractivity contribution in [2.45, 2.75) is 6.10 Å². The Balaban J connectivity index is 1.90. The minimum Gasteiger partial charge on any atom is -0.508 e. The van der Waals surface area contributed by atoms with Crippen LogP contribution in [0, 0.1) is 0 Å². The van der Waals surface area contributed by atoms with Crippen LogP contribution in [0.4, 0.5) is 10.5 Å². The van der Waals surface area contributed by atoms with Crippen LogP contribution in [0.2, 0.25) is 0 Å². The number of aromatic hydroxyl groups is 1. The van der Waals surface area contributed by atoms with Gasteiger partial charge in [0.25, 0.3) is 0 Å². The van der Waals surface area contributed by atoms with Crippen LogP contribution in [-0.2, 0) is 9.47 Å². The van der Waals surface area contributed by atoms with Gasteiger partial charge in [0, 0.05) is 12.8 Å². The topological polar surface area (TPSA) is 59.0 Å². The molecular formula is C15H15NO4. The Morgan fingerprint density at radius 2 is 2.05 bits per heavy atom. The molecule has 0 saturated carbocycles. The molecule has 0 aliphatic carbocycles. The van der Waals surface area contributed by atoms with Crippen LogP contribution >= 0.6 is 0 Å². The molecule has 1 heterocycles. The minimum atomic E-state index is -0.356. The number of anilines is 1. The van der Waals surface area contributed by atoms with Crippen LogP contribution in [0.25, 0.3) is 10.8 Å². The zero-order chi connectivity index (χ0) is 14.1. The number of ether oxygens (including phenoxy) is 2. The summed E-state index contributed by atoms with van der Waals surface area (Å²) in [6.07, 6.45) is -0.590. The van der Waals surface area contributed by atoms with E-state index in [1.165, 1.54) is 0 Å². The number of fused-ring (bicyclic) bond motifs is 1. The first-order chi connectivity index (χ1) is 9.67. The van der Waals surface area contributed by atoms with Gasteiger partial charge in [-0.3, -0.25) is 4.90 Å². The van der Waals surface area contributed by atoms with Crippen molar-refractivity contribution in [3.05, 3.63) is 36.4 Å². The number of nitrogens with zero attached hydrogens (tertiary/aromatic N) is 1. The van der Waals surface area contributed by atoms with Crippen molar-refractivity contribution in [1.29, 1.82) is 0 Å². The van der Waals surface area contributed by atoms with E-state index >= 15 is 0 Å². The summed E-state index contributed by atoms with van der Waals surface area (Å²) in [5.41, 5.74) is 0.784. The van der Waals surface area contributed by atoms with E-state index in [1.54, 1.807) is 24.1 Å². The van der Waals surface area contributed by atoms with Gasteiger partial charge in [0.1, 0.15) is 11.9 Å². The third-order valence-electron chi connectivity index (χ3n) is 3.35. The number of amides is 1. The van der Waals surface area contributed by atoms with E-state index < -0.39 is 0 Å². The fraction of sp³-hybridized carbons (Fsp3) is 0.267. The molecule has 1 amide bonds. The van der Waals surface area contributed by atoms with Gasteiger partial charge in [-0.1, -0.05) is 12.1 Å². The number of hydrogen-bond acceptors (Lipinski definition) is 4. The van der Waals surface area contributed by atoms with Gasteiger partial charge in [0.05, 0.1) is 13.2 Å². The zero-order valence-electron chi connectivity index (χ0n) is 11.1. The molecule has 0 aromatic heterocycles. The molecule has 104 valence electrons. The first-order valence-corrected chi connectivity index (χ1v) is 6.37. The molecule has 1 N–H and O–H groups in total. The minimum absolute atomic E-state index is 0.228. The highest BCUT2D eigenvalue weighted by Crippen LogP contribution is 2.27. The lowest BCUT2D eigenvalue weighted by molar-refractivity contribution is 0.0718. The molecule has 1 aliphatic heterocycles. The molecule has 0 bridgehead atoms. The number of cyclic esters (lactones) is 1. The van der Waals surface area contributed by atoms with Crippen LogP contribution in [0.15, 0.2) is 36.4 Å². The lowest BCUT2D eigenvalue weighted by atomic mass is 10.1. The summed E-state index contributed by atoms with van der Waals surface area (Å²) in [5.74, 6) is 0.228. The van der Waals surface area contributed by atoms with Crippen LogP contribution in [0.5, 0.6) is 5.75 Å². The van der Waals surface area contributed by atoms with Crippen molar-refractivity contribution in [1.82, 2.24) is 0 Å². The maximum atomic E-state index is 11.9. The molecular weight excluding hydrogens is 258 g/mol. The van der Waals surface area contributed by atoms with Crippen LogP contribution in [0.1, 0.15) is 0 Å². The maximum absolute atomic E-state index is 11.9. The molecule has 3 rings (SSSR count). The smallest absolute Gasteiger partial charge is 0.414 e. The average Bonchev–Trinajstić information content (AvgIpc) is 2.79. The summed E-state index contributed by atoms with van der Waals surface area (Å²) in [4.78, 5) is 13.5. The Labute approximate surface area is 116 Å². The number of hydrogen-bond donors (Lipinski definition) is 1. The van der Waals surface area contributed by atoms with Gasteiger partial charge in [-0.2, -0.15) is 0 Å². The van der Waals surface area contributed by atoms with Gasteiger partial charge in [0.15, 0.2) is 0 Å². The van der Waals surface area contributed by atoms with Gasteiger partial charge < -0.3 is 14.6 Å². The van der Waals surface area contributed by atoms with Crippen molar-refractivity contribution in [3.63, 3.8) is 0 Å². The fourth-order valence-corrected chi connectivity index (χ4v) is 2.39. The van der Waals surface area contributed by atoms with Gasteiger partial charge in [-0.15, -0.1) is 0 Å². The standard InChI is InChI=1S/C15H15NO4/c1-19-9-14-8-16(15(18)20-14)12-4-2-11-7-13(17)5-3-10(11)6-12/h2-7,14,17H,8-9H2,1H3/t14-/m1/s1. The van der Waals surface area contributed by atoms with Crippen molar-refractivity contribution in [2.75, 3.05) is 25.2 Å². The summed E-state index contributed by atoms with van der Waals surface area (Å²) in [7, 11) is 1.58. The van der Waals surface area contributed by atoms with Crippen LogP contribution in [-0.4, -0.2) is 37.6 Å². The molecule has 0 radical (unpaired) electrons. The second kappa shape index (κ2) is 5.02. The van der Waals surface area contributed by atoms with Crippen molar-refractivity contribution in [2.24, 2.45) is 0 Å². The highest BCUT2D eigenvalue weighted by Gasteiger charge is 2.32. The van der Waals surface area contributed by atoms with Gasteiger partial charge >= 0.3 is 6.09 Å². The molecule has 1 fully saturated rings. The Bertz CT molecular complexity index is 655. The normalized spacial score (nSPS) is 18.6. The first-order valence-electron chi connectivity index (χ1n) is 6.37. The average molecular weight is 273 g/mol. The number of rotatable bonds is 3. The number of carbonyl (C=O) groups excluding carboxylic acids is 1. The Hall–Kier alpha value is -2.27. The quantitative estimate of drug-likeness (QED) is 0.933. The van der Waals surface area contributed by atoms with Crippen molar-refractivity contribution in [3.8, 4) is 5.75 Å². The van der Waals surface area contributed by atoms with E-state index in [0.717, 1.165) is 16.5 Å². The molecule has 0 unspecified atom stereocenters. The molecule has 2 aromatic carbocycles. The molecule has 5 nitrogen and oxygen atoms in total. The maximum Gasteiger partial charge on any atom is 0.414 e.